The zero-order valence-electron chi connectivity index (χ0n) is 11.7. The van der Waals surface area contributed by atoms with Gasteiger partial charge in [-0.25, -0.2) is 9.59 Å². The topological polar surface area (TPSA) is 72.8 Å². The van der Waals surface area contributed by atoms with Gasteiger partial charge in [-0.2, -0.15) is 0 Å². The van der Waals surface area contributed by atoms with Gasteiger partial charge < -0.3 is 14.6 Å². The number of aromatic carboxylic acids is 1. The molecule has 22 heavy (non-hydrogen) atoms. The molecule has 114 valence electrons. The van der Waals surface area contributed by atoms with Crippen LogP contribution in [0.15, 0.2) is 46.9 Å². The minimum absolute atomic E-state index is 0.0539. The lowest BCUT2D eigenvalue weighted by molar-refractivity contribution is 0.0687. The van der Waals surface area contributed by atoms with Crippen molar-refractivity contribution in [3.05, 3.63) is 58.1 Å². The maximum Gasteiger partial charge on any atom is 0.343 e. The first kappa shape index (κ1) is 16.0. The van der Waals surface area contributed by atoms with Crippen LogP contribution in [0.25, 0.3) is 0 Å². The van der Waals surface area contributed by atoms with E-state index in [9.17, 15) is 9.59 Å². The van der Waals surface area contributed by atoms with Crippen molar-refractivity contribution in [2.24, 2.45) is 0 Å². The van der Waals surface area contributed by atoms with E-state index in [0.29, 0.717) is 22.4 Å². The van der Waals surface area contributed by atoms with Gasteiger partial charge in [0.2, 0.25) is 0 Å². The summed E-state index contributed by atoms with van der Waals surface area (Å²) >= 11 is 3.32. The maximum atomic E-state index is 12.1. The van der Waals surface area contributed by atoms with Gasteiger partial charge in [0.25, 0.3) is 0 Å². The van der Waals surface area contributed by atoms with Crippen molar-refractivity contribution in [1.29, 1.82) is 0 Å². The van der Waals surface area contributed by atoms with E-state index in [1.807, 2.05) is 6.92 Å². The number of ether oxygens (including phenoxy) is 2. The van der Waals surface area contributed by atoms with E-state index in [-0.39, 0.29) is 11.3 Å². The van der Waals surface area contributed by atoms with Crippen LogP contribution in [0.5, 0.6) is 11.5 Å². The molecule has 0 heterocycles. The standard InChI is InChI=1S/C16H13BrO5/c1-2-21-14-7-6-11(9-13(14)17)16(20)22-12-5-3-4-10(8-12)15(18)19/h3-9H,2H2,1H3,(H,18,19). The summed E-state index contributed by atoms with van der Waals surface area (Å²) in [7, 11) is 0. The normalized spacial score (nSPS) is 10.1. The lowest BCUT2D eigenvalue weighted by Gasteiger charge is -2.08. The van der Waals surface area contributed by atoms with E-state index in [1.54, 1.807) is 18.2 Å². The Labute approximate surface area is 135 Å². The van der Waals surface area contributed by atoms with Crippen molar-refractivity contribution in [2.75, 3.05) is 6.61 Å². The highest BCUT2D eigenvalue weighted by atomic mass is 79.9. The molecule has 0 atom stereocenters. The molecule has 0 aromatic heterocycles. The van der Waals surface area contributed by atoms with Gasteiger partial charge in [0, 0.05) is 0 Å². The third kappa shape index (κ3) is 3.85. The van der Waals surface area contributed by atoms with Gasteiger partial charge in [0.05, 0.1) is 22.2 Å². The summed E-state index contributed by atoms with van der Waals surface area (Å²) in [5, 5.41) is 8.92. The predicted molar refractivity (Wildman–Crippen MR) is 83.7 cm³/mol. The number of carboxylic acids is 1. The number of carboxylic acid groups (broad SMARTS) is 1. The highest BCUT2D eigenvalue weighted by Gasteiger charge is 2.12. The molecule has 0 radical (unpaired) electrons. The van der Waals surface area contributed by atoms with E-state index in [4.69, 9.17) is 14.6 Å². The number of hydrogen-bond donors (Lipinski definition) is 1. The van der Waals surface area contributed by atoms with E-state index in [1.165, 1.54) is 24.3 Å². The van der Waals surface area contributed by atoms with E-state index >= 15 is 0 Å². The monoisotopic (exact) mass is 364 g/mol. The number of carbonyl (C=O) groups is 2. The Hall–Kier alpha value is -2.34. The van der Waals surface area contributed by atoms with E-state index < -0.39 is 11.9 Å². The second-order valence-corrected chi connectivity index (χ2v) is 5.16. The summed E-state index contributed by atoms with van der Waals surface area (Å²) < 4.78 is 11.2. The largest absolute Gasteiger partial charge is 0.493 e. The van der Waals surface area contributed by atoms with E-state index in [0.717, 1.165) is 0 Å². The number of hydrogen-bond acceptors (Lipinski definition) is 4. The Kier molecular flexibility index (Phi) is 5.16. The molecule has 0 spiro atoms. The van der Waals surface area contributed by atoms with E-state index in [2.05, 4.69) is 15.9 Å². The number of carbonyl (C=O) groups excluding carboxylic acids is 1. The second kappa shape index (κ2) is 7.09. The average Bonchev–Trinajstić information content (AvgIpc) is 2.49. The summed E-state index contributed by atoms with van der Waals surface area (Å²) in [5.41, 5.74) is 0.384. The lowest BCUT2D eigenvalue weighted by Crippen LogP contribution is -2.09. The summed E-state index contributed by atoms with van der Waals surface area (Å²) in [6.45, 7) is 2.38. The molecule has 5 nitrogen and oxygen atoms in total. The van der Waals surface area contributed by atoms with Gasteiger partial charge in [0.15, 0.2) is 0 Å². The fraction of sp³-hybridized carbons (Fsp3) is 0.125. The van der Waals surface area contributed by atoms with Crippen LogP contribution in [0, 0.1) is 0 Å². The van der Waals surface area contributed by atoms with Crippen LogP contribution >= 0.6 is 15.9 Å². The van der Waals surface area contributed by atoms with Gasteiger partial charge in [-0.3, -0.25) is 0 Å². The first-order chi connectivity index (χ1) is 10.5. The third-order valence-electron chi connectivity index (χ3n) is 2.76. The molecule has 2 aromatic rings. The number of halogens is 1. The Morgan fingerprint density at radius 2 is 1.91 bits per heavy atom. The number of benzene rings is 2. The molecule has 0 amide bonds. The molecule has 6 heteroatoms. The fourth-order valence-corrected chi connectivity index (χ4v) is 2.25. The molecule has 2 aromatic carbocycles. The number of esters is 1. The smallest absolute Gasteiger partial charge is 0.343 e. The van der Waals surface area contributed by atoms with Crippen LogP contribution in [0.3, 0.4) is 0 Å². The second-order valence-electron chi connectivity index (χ2n) is 4.30. The Morgan fingerprint density at radius 1 is 1.14 bits per heavy atom. The van der Waals surface area contributed by atoms with Crippen LogP contribution in [-0.2, 0) is 0 Å². The van der Waals surface area contributed by atoms with Crippen molar-refractivity contribution < 1.29 is 24.2 Å². The molecule has 0 aliphatic heterocycles. The van der Waals surface area contributed by atoms with Crippen LogP contribution in [0.4, 0.5) is 0 Å². The summed E-state index contributed by atoms with van der Waals surface area (Å²) in [4.78, 5) is 23.0. The predicted octanol–water partition coefficient (Wildman–Crippen LogP) is 3.77. The van der Waals surface area contributed by atoms with Gasteiger partial charge in [-0.05, 0) is 59.3 Å². The molecular weight excluding hydrogens is 352 g/mol. The average molecular weight is 365 g/mol. The van der Waals surface area contributed by atoms with Crippen LogP contribution < -0.4 is 9.47 Å². The molecule has 0 bridgehead atoms. The summed E-state index contributed by atoms with van der Waals surface area (Å²) in [5.74, 6) is -0.852. The van der Waals surface area contributed by atoms with Gasteiger partial charge in [-0.15, -0.1) is 0 Å². The minimum atomic E-state index is -1.08. The quantitative estimate of drug-likeness (QED) is 0.645. The molecule has 2 rings (SSSR count). The van der Waals surface area contributed by atoms with Crippen molar-refractivity contribution in [3.63, 3.8) is 0 Å². The zero-order chi connectivity index (χ0) is 16.1. The first-order valence-corrected chi connectivity index (χ1v) is 7.28. The minimum Gasteiger partial charge on any atom is -0.493 e. The third-order valence-corrected chi connectivity index (χ3v) is 3.38. The summed E-state index contributed by atoms with van der Waals surface area (Å²) in [6.07, 6.45) is 0. The van der Waals surface area contributed by atoms with Gasteiger partial charge >= 0.3 is 11.9 Å². The SMILES string of the molecule is CCOc1ccc(C(=O)Oc2cccc(C(=O)O)c2)cc1Br. The van der Waals surface area contributed by atoms with Crippen molar-refractivity contribution in [2.45, 2.75) is 6.92 Å². The molecule has 0 aliphatic carbocycles. The highest BCUT2D eigenvalue weighted by molar-refractivity contribution is 9.10. The first-order valence-electron chi connectivity index (χ1n) is 6.49. The van der Waals surface area contributed by atoms with Crippen LogP contribution in [0.2, 0.25) is 0 Å². The van der Waals surface area contributed by atoms with Crippen molar-refractivity contribution in [1.82, 2.24) is 0 Å². The maximum absolute atomic E-state index is 12.1. The number of rotatable bonds is 5. The Morgan fingerprint density at radius 3 is 2.55 bits per heavy atom. The van der Waals surface area contributed by atoms with Crippen molar-refractivity contribution >= 4 is 27.9 Å². The zero-order valence-corrected chi connectivity index (χ0v) is 13.3. The molecule has 0 saturated heterocycles. The molecule has 0 aliphatic rings. The highest BCUT2D eigenvalue weighted by Crippen LogP contribution is 2.26. The molecule has 0 unspecified atom stereocenters. The van der Waals surface area contributed by atoms with Gasteiger partial charge in [0.1, 0.15) is 11.5 Å². The van der Waals surface area contributed by atoms with Crippen LogP contribution in [-0.4, -0.2) is 23.7 Å². The lowest BCUT2D eigenvalue weighted by atomic mass is 10.2. The molecule has 0 fully saturated rings. The van der Waals surface area contributed by atoms with Gasteiger partial charge in [-0.1, -0.05) is 6.07 Å². The molecule has 0 saturated carbocycles. The fourth-order valence-electron chi connectivity index (χ4n) is 1.76. The Balaban J connectivity index is 2.17. The van der Waals surface area contributed by atoms with Crippen molar-refractivity contribution in [3.8, 4) is 11.5 Å². The summed E-state index contributed by atoms with van der Waals surface area (Å²) in [6, 6.07) is 10.6. The van der Waals surface area contributed by atoms with Crippen LogP contribution in [0.1, 0.15) is 27.6 Å². The molecule has 1 N–H and O–H groups in total. The molecular formula is C16H13BrO5. The Bertz CT molecular complexity index is 711.